The number of rotatable bonds is 4. The summed E-state index contributed by atoms with van der Waals surface area (Å²) in [5, 5.41) is 0. The summed E-state index contributed by atoms with van der Waals surface area (Å²) in [6.45, 7) is 0. The summed E-state index contributed by atoms with van der Waals surface area (Å²) in [5.74, 6) is 1.01. The second-order valence-electron chi connectivity index (χ2n) is 7.31. The van der Waals surface area contributed by atoms with E-state index in [0.717, 1.165) is 39.1 Å². The largest absolute Gasteiger partial charge is 0.497 e. The Hall–Kier alpha value is -4.11. The van der Waals surface area contributed by atoms with Crippen LogP contribution in [0.25, 0.3) is 34.1 Å². The monoisotopic (exact) mass is 404 g/mol. The van der Waals surface area contributed by atoms with Gasteiger partial charge in [-0.1, -0.05) is 84.9 Å². The van der Waals surface area contributed by atoms with Crippen LogP contribution < -0.4 is 4.74 Å². The van der Waals surface area contributed by atoms with Gasteiger partial charge in [0.15, 0.2) is 0 Å². The molecule has 1 aliphatic rings. The molecule has 4 aromatic carbocycles. The average molecular weight is 404 g/mol. The number of methoxy groups -OCH3 is 1. The fraction of sp³-hybridized carbons (Fsp3) is 0.0357. The van der Waals surface area contributed by atoms with Gasteiger partial charge >= 0.3 is 5.97 Å². The number of fused-ring (bicyclic) bond motifs is 1. The highest BCUT2D eigenvalue weighted by molar-refractivity contribution is 6.13. The number of hydrogen-bond acceptors (Lipinski definition) is 3. The second kappa shape index (κ2) is 7.96. The summed E-state index contributed by atoms with van der Waals surface area (Å²) >= 11 is 0. The maximum atomic E-state index is 13.1. The Labute approximate surface area is 181 Å². The van der Waals surface area contributed by atoms with Crippen molar-refractivity contribution in [1.82, 2.24) is 0 Å². The molecule has 3 heteroatoms. The van der Waals surface area contributed by atoms with Crippen LogP contribution in [0.1, 0.15) is 21.5 Å². The third-order valence-corrected chi connectivity index (χ3v) is 5.44. The van der Waals surface area contributed by atoms with Crippen LogP contribution in [0.5, 0.6) is 5.75 Å². The van der Waals surface area contributed by atoms with Gasteiger partial charge in [-0.25, -0.2) is 4.79 Å². The predicted octanol–water partition coefficient (Wildman–Crippen LogP) is 6.70. The molecular formula is C28H20O3. The lowest BCUT2D eigenvalue weighted by Gasteiger charge is -2.12. The van der Waals surface area contributed by atoms with Crippen molar-refractivity contribution in [1.29, 1.82) is 0 Å². The van der Waals surface area contributed by atoms with Crippen molar-refractivity contribution in [3.63, 3.8) is 0 Å². The van der Waals surface area contributed by atoms with Crippen LogP contribution >= 0.6 is 0 Å². The molecule has 5 rings (SSSR count). The molecule has 4 aromatic rings. The fourth-order valence-electron chi connectivity index (χ4n) is 3.94. The first kappa shape index (κ1) is 18.9. The smallest absolute Gasteiger partial charge is 0.344 e. The molecule has 1 heterocycles. The minimum atomic E-state index is -0.327. The molecule has 0 N–H and O–H groups in total. The second-order valence-corrected chi connectivity index (χ2v) is 7.31. The molecule has 0 radical (unpaired) electrons. The van der Waals surface area contributed by atoms with Crippen molar-refractivity contribution in [2.24, 2.45) is 0 Å². The summed E-state index contributed by atoms with van der Waals surface area (Å²) in [7, 11) is 1.64. The lowest BCUT2D eigenvalue weighted by atomic mass is 9.89. The molecule has 0 aromatic heterocycles. The molecule has 0 spiro atoms. The van der Waals surface area contributed by atoms with Crippen molar-refractivity contribution in [3.8, 4) is 28.0 Å². The third kappa shape index (κ3) is 3.51. The fourth-order valence-corrected chi connectivity index (χ4v) is 3.94. The van der Waals surface area contributed by atoms with Gasteiger partial charge in [-0.3, -0.25) is 0 Å². The minimum absolute atomic E-state index is 0.327. The van der Waals surface area contributed by atoms with E-state index in [1.165, 1.54) is 0 Å². The number of cyclic esters (lactones) is 1. The maximum Gasteiger partial charge on any atom is 0.344 e. The first-order valence-electron chi connectivity index (χ1n) is 10.1. The summed E-state index contributed by atoms with van der Waals surface area (Å²) < 4.78 is 11.1. The number of carbonyl (C=O) groups is 1. The molecule has 31 heavy (non-hydrogen) atoms. The van der Waals surface area contributed by atoms with Crippen LogP contribution in [0.2, 0.25) is 0 Å². The molecule has 3 nitrogen and oxygen atoms in total. The average Bonchev–Trinajstić information content (AvgIpc) is 3.16. The minimum Gasteiger partial charge on any atom is -0.497 e. The van der Waals surface area contributed by atoms with Crippen LogP contribution in [-0.2, 0) is 4.74 Å². The Morgan fingerprint density at radius 2 is 1.23 bits per heavy atom. The molecule has 1 aliphatic heterocycles. The highest BCUT2D eigenvalue weighted by atomic mass is 16.5. The van der Waals surface area contributed by atoms with Gasteiger partial charge in [0, 0.05) is 5.56 Å². The highest BCUT2D eigenvalue weighted by Crippen LogP contribution is 2.43. The van der Waals surface area contributed by atoms with E-state index >= 15 is 0 Å². The van der Waals surface area contributed by atoms with Crippen molar-refractivity contribution >= 4 is 17.8 Å². The van der Waals surface area contributed by atoms with E-state index in [-0.39, 0.29) is 5.97 Å². The molecule has 150 valence electrons. The van der Waals surface area contributed by atoms with E-state index in [0.29, 0.717) is 11.3 Å². The van der Waals surface area contributed by atoms with E-state index in [1.54, 1.807) is 7.11 Å². The van der Waals surface area contributed by atoms with Crippen molar-refractivity contribution in [3.05, 3.63) is 114 Å². The Balaban J connectivity index is 1.73. The number of carbonyl (C=O) groups excluding carboxylic acids is 1. The Kier molecular flexibility index (Phi) is 4.85. The van der Waals surface area contributed by atoms with Crippen molar-refractivity contribution < 1.29 is 14.3 Å². The van der Waals surface area contributed by atoms with Gasteiger partial charge in [0.05, 0.1) is 12.7 Å². The van der Waals surface area contributed by atoms with Gasteiger partial charge in [0.2, 0.25) is 0 Å². The topological polar surface area (TPSA) is 35.5 Å². The Bertz CT molecular complexity index is 1270. The predicted molar refractivity (Wildman–Crippen MR) is 124 cm³/mol. The van der Waals surface area contributed by atoms with Gasteiger partial charge in [0.25, 0.3) is 0 Å². The molecule has 0 saturated carbocycles. The van der Waals surface area contributed by atoms with Gasteiger partial charge in [-0.05, 0) is 46.0 Å². The normalized spacial score (nSPS) is 13.7. The molecule has 0 bridgehead atoms. The van der Waals surface area contributed by atoms with E-state index in [9.17, 15) is 4.79 Å². The zero-order valence-electron chi connectivity index (χ0n) is 17.0. The number of ether oxygens (including phenoxy) is 2. The quantitative estimate of drug-likeness (QED) is 0.355. The van der Waals surface area contributed by atoms with E-state index in [1.807, 2.05) is 97.1 Å². The van der Waals surface area contributed by atoms with Gasteiger partial charge in [0.1, 0.15) is 11.5 Å². The van der Waals surface area contributed by atoms with Crippen LogP contribution in [0.15, 0.2) is 97.1 Å². The molecule has 0 unspecified atom stereocenters. The molecule has 0 saturated heterocycles. The zero-order valence-corrected chi connectivity index (χ0v) is 17.0. The van der Waals surface area contributed by atoms with Gasteiger partial charge < -0.3 is 9.47 Å². The van der Waals surface area contributed by atoms with E-state index < -0.39 is 0 Å². The first-order chi connectivity index (χ1) is 15.2. The van der Waals surface area contributed by atoms with Crippen LogP contribution in [0, 0.1) is 0 Å². The van der Waals surface area contributed by atoms with E-state index in [4.69, 9.17) is 9.47 Å². The molecule has 0 amide bonds. The van der Waals surface area contributed by atoms with Crippen molar-refractivity contribution in [2.75, 3.05) is 7.11 Å². The van der Waals surface area contributed by atoms with Crippen LogP contribution in [0.3, 0.4) is 0 Å². The number of esters is 1. The number of hydrogen-bond donors (Lipinski definition) is 0. The summed E-state index contributed by atoms with van der Waals surface area (Å²) in [6, 6.07) is 31.8. The maximum absolute atomic E-state index is 13.1. The van der Waals surface area contributed by atoms with Crippen LogP contribution in [-0.4, -0.2) is 13.1 Å². The highest BCUT2D eigenvalue weighted by Gasteiger charge is 2.32. The number of benzene rings is 4. The van der Waals surface area contributed by atoms with Gasteiger partial charge in [-0.2, -0.15) is 0 Å². The SMILES string of the molecule is COc1ccc(/C=C2\OC(=O)c3c(-c4ccccc4)ccc(-c4ccccc4)c32)cc1. The zero-order chi connectivity index (χ0) is 21.2. The Morgan fingerprint density at radius 1 is 0.677 bits per heavy atom. The summed E-state index contributed by atoms with van der Waals surface area (Å²) in [5.41, 5.74) is 6.24. The third-order valence-electron chi connectivity index (χ3n) is 5.44. The lowest BCUT2D eigenvalue weighted by molar-refractivity contribution is 0.0718. The molecule has 0 atom stereocenters. The van der Waals surface area contributed by atoms with Crippen molar-refractivity contribution in [2.45, 2.75) is 0 Å². The Morgan fingerprint density at radius 3 is 1.77 bits per heavy atom. The first-order valence-corrected chi connectivity index (χ1v) is 10.1. The summed E-state index contributed by atoms with van der Waals surface area (Å²) in [4.78, 5) is 13.1. The standard InChI is InChI=1S/C28H20O3/c1-30-22-14-12-19(13-15-22)18-25-26-23(20-8-4-2-5-9-20)16-17-24(27(26)28(29)31-25)21-10-6-3-7-11-21/h2-18H,1H3/b25-18-. The summed E-state index contributed by atoms with van der Waals surface area (Å²) in [6.07, 6.45) is 1.91. The van der Waals surface area contributed by atoms with Gasteiger partial charge in [-0.15, -0.1) is 0 Å². The molecule has 0 aliphatic carbocycles. The molecule has 0 fully saturated rings. The lowest BCUT2D eigenvalue weighted by Crippen LogP contribution is -1.98. The molecular weight excluding hydrogens is 384 g/mol. The van der Waals surface area contributed by atoms with E-state index in [2.05, 4.69) is 6.07 Å². The van der Waals surface area contributed by atoms with Crippen LogP contribution in [0.4, 0.5) is 0 Å².